The van der Waals surface area contributed by atoms with E-state index < -0.39 is 10.0 Å². The summed E-state index contributed by atoms with van der Waals surface area (Å²) < 4.78 is 33.5. The monoisotopic (exact) mass is 312 g/mol. The molecule has 0 spiro atoms. The summed E-state index contributed by atoms with van der Waals surface area (Å²) in [5, 5.41) is 3.17. The van der Waals surface area contributed by atoms with Crippen molar-refractivity contribution >= 4 is 15.7 Å². The highest BCUT2D eigenvalue weighted by Crippen LogP contribution is 2.23. The number of hydrogen-bond acceptors (Lipinski definition) is 4. The zero-order valence-electron chi connectivity index (χ0n) is 12.6. The van der Waals surface area contributed by atoms with Crippen molar-refractivity contribution in [2.24, 2.45) is 0 Å². The van der Waals surface area contributed by atoms with E-state index in [0.717, 1.165) is 13.0 Å². The molecule has 1 aliphatic heterocycles. The molecular formula is C15H24N2O3S. The molecule has 6 heteroatoms. The fourth-order valence-corrected chi connectivity index (χ4v) is 3.96. The molecule has 21 heavy (non-hydrogen) atoms. The molecule has 0 amide bonds. The standard InChI is InChI=1S/C15H24N2O3S/c1-3-9-16-14-6-4-5-7-15(14)21(18,19)17-13-8-10-20-12(2)11-13/h4-7,12-13,16-17H,3,8-11H2,1-2H3. The maximum atomic E-state index is 12.6. The summed E-state index contributed by atoms with van der Waals surface area (Å²) in [5.41, 5.74) is 0.659. The second-order valence-corrected chi connectivity index (χ2v) is 7.13. The zero-order chi connectivity index (χ0) is 15.3. The van der Waals surface area contributed by atoms with Gasteiger partial charge in [-0.15, -0.1) is 0 Å². The first-order chi connectivity index (χ1) is 10.0. The van der Waals surface area contributed by atoms with E-state index in [1.165, 1.54) is 0 Å². The number of anilines is 1. The molecule has 1 aromatic rings. The molecule has 1 saturated heterocycles. The molecule has 0 aliphatic carbocycles. The molecule has 0 saturated carbocycles. The molecule has 118 valence electrons. The second kappa shape index (κ2) is 7.24. The summed E-state index contributed by atoms with van der Waals surface area (Å²) in [5.74, 6) is 0. The number of rotatable bonds is 6. The van der Waals surface area contributed by atoms with Gasteiger partial charge in [-0.1, -0.05) is 19.1 Å². The van der Waals surface area contributed by atoms with Crippen LogP contribution >= 0.6 is 0 Å². The lowest BCUT2D eigenvalue weighted by molar-refractivity contribution is 0.0173. The van der Waals surface area contributed by atoms with Crippen molar-refractivity contribution in [2.75, 3.05) is 18.5 Å². The SMILES string of the molecule is CCCNc1ccccc1S(=O)(=O)NC1CCOC(C)C1. The molecule has 1 aliphatic rings. The van der Waals surface area contributed by atoms with Gasteiger partial charge in [-0.25, -0.2) is 13.1 Å². The molecule has 2 unspecified atom stereocenters. The first-order valence-electron chi connectivity index (χ1n) is 7.49. The summed E-state index contributed by atoms with van der Waals surface area (Å²) >= 11 is 0. The largest absolute Gasteiger partial charge is 0.384 e. The number of benzene rings is 1. The van der Waals surface area contributed by atoms with Gasteiger partial charge >= 0.3 is 0 Å². The number of ether oxygens (including phenoxy) is 1. The van der Waals surface area contributed by atoms with Crippen LogP contribution in [0.1, 0.15) is 33.1 Å². The second-order valence-electron chi connectivity index (χ2n) is 5.45. The summed E-state index contributed by atoms with van der Waals surface area (Å²) in [6.07, 6.45) is 2.47. The summed E-state index contributed by atoms with van der Waals surface area (Å²) in [4.78, 5) is 0.317. The van der Waals surface area contributed by atoms with Crippen molar-refractivity contribution < 1.29 is 13.2 Å². The van der Waals surface area contributed by atoms with Crippen LogP contribution in [0.4, 0.5) is 5.69 Å². The molecule has 1 fully saturated rings. The highest BCUT2D eigenvalue weighted by Gasteiger charge is 2.26. The topological polar surface area (TPSA) is 67.4 Å². The molecule has 1 heterocycles. The summed E-state index contributed by atoms with van der Waals surface area (Å²) in [7, 11) is -3.51. The van der Waals surface area contributed by atoms with Gasteiger partial charge in [-0.2, -0.15) is 0 Å². The van der Waals surface area contributed by atoms with Crippen LogP contribution in [-0.4, -0.2) is 33.7 Å². The van der Waals surface area contributed by atoms with Gasteiger partial charge in [0.15, 0.2) is 0 Å². The maximum absolute atomic E-state index is 12.6. The molecule has 0 radical (unpaired) electrons. The average Bonchev–Trinajstić information content (AvgIpc) is 2.45. The van der Waals surface area contributed by atoms with Crippen LogP contribution in [0.25, 0.3) is 0 Å². The number of sulfonamides is 1. The molecule has 2 rings (SSSR count). The molecular weight excluding hydrogens is 288 g/mol. The summed E-state index contributed by atoms with van der Waals surface area (Å²) in [6, 6.07) is 6.98. The van der Waals surface area contributed by atoms with Crippen LogP contribution in [0.3, 0.4) is 0 Å². The predicted octanol–water partition coefficient (Wildman–Crippen LogP) is 2.35. The molecule has 1 aromatic carbocycles. The Morgan fingerprint density at radius 1 is 1.33 bits per heavy atom. The lowest BCUT2D eigenvalue weighted by atomic mass is 10.1. The Labute approximate surface area is 127 Å². The van der Waals surface area contributed by atoms with Crippen LogP contribution in [0.15, 0.2) is 29.2 Å². The molecule has 2 N–H and O–H groups in total. The normalized spacial score (nSPS) is 23.0. The van der Waals surface area contributed by atoms with E-state index in [4.69, 9.17) is 4.74 Å². The van der Waals surface area contributed by atoms with Crippen molar-refractivity contribution in [1.82, 2.24) is 4.72 Å². The molecule has 0 aromatic heterocycles. The lowest BCUT2D eigenvalue weighted by Gasteiger charge is -2.28. The van der Waals surface area contributed by atoms with Gasteiger partial charge in [0.1, 0.15) is 4.90 Å². The molecule has 5 nitrogen and oxygen atoms in total. The van der Waals surface area contributed by atoms with E-state index in [1.54, 1.807) is 18.2 Å². The van der Waals surface area contributed by atoms with Gasteiger partial charge in [0.25, 0.3) is 0 Å². The van der Waals surface area contributed by atoms with Gasteiger partial charge in [-0.05, 0) is 38.3 Å². The van der Waals surface area contributed by atoms with E-state index in [1.807, 2.05) is 19.9 Å². The minimum Gasteiger partial charge on any atom is -0.384 e. The summed E-state index contributed by atoms with van der Waals surface area (Å²) in [6.45, 7) is 5.37. The minimum atomic E-state index is -3.51. The Balaban J connectivity index is 2.15. The van der Waals surface area contributed by atoms with Gasteiger partial charge in [0.05, 0.1) is 11.8 Å². The maximum Gasteiger partial charge on any atom is 0.242 e. The van der Waals surface area contributed by atoms with E-state index in [0.29, 0.717) is 30.0 Å². The Bertz CT molecular complexity index is 560. The Hall–Kier alpha value is -1.11. The zero-order valence-corrected chi connectivity index (χ0v) is 13.4. The number of hydrogen-bond donors (Lipinski definition) is 2. The highest BCUT2D eigenvalue weighted by atomic mass is 32.2. The van der Waals surface area contributed by atoms with E-state index in [-0.39, 0.29) is 12.1 Å². The van der Waals surface area contributed by atoms with E-state index in [9.17, 15) is 8.42 Å². The third-order valence-electron chi connectivity index (χ3n) is 3.55. The average molecular weight is 312 g/mol. The van der Waals surface area contributed by atoms with Gasteiger partial charge in [-0.3, -0.25) is 0 Å². The molecule has 2 atom stereocenters. The Morgan fingerprint density at radius 3 is 2.81 bits per heavy atom. The predicted molar refractivity (Wildman–Crippen MR) is 84.0 cm³/mol. The van der Waals surface area contributed by atoms with Gasteiger partial charge in [0.2, 0.25) is 10.0 Å². The third kappa shape index (κ3) is 4.43. The fraction of sp³-hybridized carbons (Fsp3) is 0.600. The van der Waals surface area contributed by atoms with Crippen molar-refractivity contribution in [3.63, 3.8) is 0 Å². The first kappa shape index (κ1) is 16.3. The smallest absolute Gasteiger partial charge is 0.242 e. The van der Waals surface area contributed by atoms with E-state index in [2.05, 4.69) is 10.0 Å². The molecule has 0 bridgehead atoms. The first-order valence-corrected chi connectivity index (χ1v) is 8.98. The van der Waals surface area contributed by atoms with Crippen LogP contribution in [-0.2, 0) is 14.8 Å². The van der Waals surface area contributed by atoms with Crippen LogP contribution in [0.2, 0.25) is 0 Å². The van der Waals surface area contributed by atoms with Gasteiger partial charge in [0, 0.05) is 19.2 Å². The minimum absolute atomic E-state index is 0.0574. The van der Waals surface area contributed by atoms with Crippen LogP contribution < -0.4 is 10.0 Å². The van der Waals surface area contributed by atoms with Crippen LogP contribution in [0.5, 0.6) is 0 Å². The van der Waals surface area contributed by atoms with Crippen molar-refractivity contribution in [1.29, 1.82) is 0 Å². The van der Waals surface area contributed by atoms with Crippen molar-refractivity contribution in [3.8, 4) is 0 Å². The highest BCUT2D eigenvalue weighted by molar-refractivity contribution is 7.89. The fourth-order valence-electron chi connectivity index (χ4n) is 2.49. The Morgan fingerprint density at radius 2 is 2.10 bits per heavy atom. The lowest BCUT2D eigenvalue weighted by Crippen LogP contribution is -2.41. The van der Waals surface area contributed by atoms with Crippen LogP contribution in [0, 0.1) is 0 Å². The van der Waals surface area contributed by atoms with Gasteiger partial charge < -0.3 is 10.1 Å². The number of nitrogens with one attached hydrogen (secondary N) is 2. The quantitative estimate of drug-likeness (QED) is 0.846. The van der Waals surface area contributed by atoms with Crippen molar-refractivity contribution in [2.45, 2.75) is 50.2 Å². The van der Waals surface area contributed by atoms with Crippen molar-refractivity contribution in [3.05, 3.63) is 24.3 Å². The number of para-hydroxylation sites is 1. The third-order valence-corrected chi connectivity index (χ3v) is 5.13. The Kier molecular flexibility index (Phi) is 5.61. The van der Waals surface area contributed by atoms with E-state index >= 15 is 0 Å².